The lowest BCUT2D eigenvalue weighted by Gasteiger charge is -2.25. The lowest BCUT2D eigenvalue weighted by molar-refractivity contribution is 0.0330. The van der Waals surface area contributed by atoms with Crippen molar-refractivity contribution in [3.05, 3.63) is 59.4 Å². The zero-order valence-electron chi connectivity index (χ0n) is 17.5. The Kier molecular flexibility index (Phi) is 5.56. The number of hydrogen-bond donors (Lipinski definition) is 0. The molecule has 1 aliphatic heterocycles. The zero-order valence-corrected chi connectivity index (χ0v) is 19.1. The molecule has 166 valence electrons. The van der Waals surface area contributed by atoms with E-state index in [0.29, 0.717) is 24.1 Å². The summed E-state index contributed by atoms with van der Waals surface area (Å²) in [6.07, 6.45) is 1.32. The molecule has 10 heteroatoms. The van der Waals surface area contributed by atoms with Crippen LogP contribution in [-0.4, -0.2) is 51.4 Å². The van der Waals surface area contributed by atoms with Crippen molar-refractivity contribution < 1.29 is 13.9 Å². The maximum absolute atomic E-state index is 6.34. The van der Waals surface area contributed by atoms with E-state index in [1.54, 1.807) is 22.7 Å². The number of nitrogens with zero attached hydrogens (tertiary/aromatic N) is 5. The summed E-state index contributed by atoms with van der Waals surface area (Å²) >= 11 is 3.31. The van der Waals surface area contributed by atoms with Crippen molar-refractivity contribution in [2.24, 2.45) is 0 Å². The third-order valence-corrected chi connectivity index (χ3v) is 7.15. The van der Waals surface area contributed by atoms with E-state index >= 15 is 0 Å². The average molecular weight is 478 g/mol. The van der Waals surface area contributed by atoms with Crippen molar-refractivity contribution in [2.45, 2.75) is 6.54 Å². The van der Waals surface area contributed by atoms with Gasteiger partial charge in [0.25, 0.3) is 0 Å². The molecule has 6 rings (SSSR count). The van der Waals surface area contributed by atoms with E-state index in [9.17, 15) is 0 Å². The molecular formula is C23H19N5O3S2. The van der Waals surface area contributed by atoms with E-state index in [2.05, 4.69) is 31.9 Å². The Morgan fingerprint density at radius 3 is 2.67 bits per heavy atom. The Labute approximate surface area is 197 Å². The van der Waals surface area contributed by atoms with Crippen LogP contribution in [0.4, 0.5) is 0 Å². The number of fused-ring (bicyclic) bond motifs is 1. The van der Waals surface area contributed by atoms with Gasteiger partial charge in [-0.3, -0.25) is 4.90 Å². The van der Waals surface area contributed by atoms with Gasteiger partial charge in [-0.1, -0.05) is 6.07 Å². The van der Waals surface area contributed by atoms with Crippen LogP contribution in [0.25, 0.3) is 32.1 Å². The first-order valence-electron chi connectivity index (χ1n) is 10.5. The van der Waals surface area contributed by atoms with Crippen molar-refractivity contribution in [3.8, 4) is 33.5 Å². The Hall–Kier alpha value is -3.18. The SMILES string of the molecule is c1csc(-c2csc3nc(CN4CCOCC4)nc(Oc4ccc(-c5nnco5)cc4)c23)c1. The molecule has 0 radical (unpaired) electrons. The van der Waals surface area contributed by atoms with E-state index in [1.807, 2.05) is 30.3 Å². The van der Waals surface area contributed by atoms with Crippen LogP contribution in [-0.2, 0) is 11.3 Å². The molecule has 0 N–H and O–H groups in total. The van der Waals surface area contributed by atoms with Crippen molar-refractivity contribution in [1.29, 1.82) is 0 Å². The summed E-state index contributed by atoms with van der Waals surface area (Å²) in [6, 6.07) is 11.7. The second-order valence-electron chi connectivity index (χ2n) is 7.51. The molecule has 1 aliphatic rings. The molecule has 0 unspecified atom stereocenters. The molecule has 5 heterocycles. The van der Waals surface area contributed by atoms with E-state index in [-0.39, 0.29) is 0 Å². The minimum absolute atomic E-state index is 0.469. The number of thiophene rings is 2. The lowest BCUT2D eigenvalue weighted by Crippen LogP contribution is -2.36. The van der Waals surface area contributed by atoms with Gasteiger partial charge in [-0.25, -0.2) is 4.98 Å². The van der Waals surface area contributed by atoms with Crippen LogP contribution in [0.5, 0.6) is 11.6 Å². The maximum atomic E-state index is 6.34. The summed E-state index contributed by atoms with van der Waals surface area (Å²) in [5.41, 5.74) is 1.93. The Bertz CT molecular complexity index is 1350. The molecule has 0 aliphatic carbocycles. The highest BCUT2D eigenvalue weighted by Crippen LogP contribution is 2.41. The van der Waals surface area contributed by atoms with Gasteiger partial charge in [-0.2, -0.15) is 4.98 Å². The van der Waals surface area contributed by atoms with Gasteiger partial charge in [0.15, 0.2) is 0 Å². The Morgan fingerprint density at radius 2 is 1.91 bits per heavy atom. The van der Waals surface area contributed by atoms with Crippen LogP contribution in [0, 0.1) is 0 Å². The minimum atomic E-state index is 0.469. The highest BCUT2D eigenvalue weighted by molar-refractivity contribution is 7.18. The molecule has 0 saturated carbocycles. The van der Waals surface area contributed by atoms with Gasteiger partial charge in [-0.05, 0) is 35.7 Å². The lowest BCUT2D eigenvalue weighted by atomic mass is 10.2. The normalized spacial score (nSPS) is 14.7. The van der Waals surface area contributed by atoms with E-state index in [4.69, 9.17) is 23.9 Å². The second kappa shape index (κ2) is 8.99. The monoisotopic (exact) mass is 477 g/mol. The van der Waals surface area contributed by atoms with Gasteiger partial charge >= 0.3 is 0 Å². The highest BCUT2D eigenvalue weighted by atomic mass is 32.1. The fourth-order valence-corrected chi connectivity index (χ4v) is 5.52. The van der Waals surface area contributed by atoms with Crippen LogP contribution in [0.15, 0.2) is 58.0 Å². The number of morpholine rings is 1. The molecule has 1 saturated heterocycles. The van der Waals surface area contributed by atoms with Gasteiger partial charge < -0.3 is 13.9 Å². The summed E-state index contributed by atoms with van der Waals surface area (Å²) in [7, 11) is 0. The minimum Gasteiger partial charge on any atom is -0.438 e. The molecule has 0 atom stereocenters. The topological polar surface area (TPSA) is 86.4 Å². The van der Waals surface area contributed by atoms with E-state index < -0.39 is 0 Å². The van der Waals surface area contributed by atoms with E-state index in [1.165, 1.54) is 11.3 Å². The number of ether oxygens (including phenoxy) is 2. The molecule has 0 bridgehead atoms. The average Bonchev–Trinajstić information content (AvgIpc) is 3.61. The summed E-state index contributed by atoms with van der Waals surface area (Å²) in [6.45, 7) is 3.89. The zero-order chi connectivity index (χ0) is 22.0. The highest BCUT2D eigenvalue weighted by Gasteiger charge is 2.20. The van der Waals surface area contributed by atoms with E-state index in [0.717, 1.165) is 53.5 Å². The summed E-state index contributed by atoms with van der Waals surface area (Å²) in [4.78, 5) is 14.1. The first-order chi connectivity index (χ1) is 16.3. The molecule has 1 aromatic carbocycles. The molecule has 8 nitrogen and oxygen atoms in total. The Balaban J connectivity index is 1.37. The van der Waals surface area contributed by atoms with Gasteiger partial charge in [-0.15, -0.1) is 32.9 Å². The molecule has 33 heavy (non-hydrogen) atoms. The summed E-state index contributed by atoms with van der Waals surface area (Å²) < 4.78 is 17.1. The molecular weight excluding hydrogens is 458 g/mol. The fraction of sp³-hybridized carbons (Fsp3) is 0.217. The van der Waals surface area contributed by atoms with Crippen molar-refractivity contribution in [3.63, 3.8) is 0 Å². The summed E-state index contributed by atoms with van der Waals surface area (Å²) in [5.74, 6) is 2.47. The molecule has 5 aromatic rings. The van der Waals surface area contributed by atoms with Crippen molar-refractivity contribution in [1.82, 2.24) is 25.1 Å². The van der Waals surface area contributed by atoms with Crippen molar-refractivity contribution in [2.75, 3.05) is 26.3 Å². The molecule has 1 fully saturated rings. The number of aromatic nitrogens is 4. The van der Waals surface area contributed by atoms with Crippen LogP contribution in [0.3, 0.4) is 0 Å². The van der Waals surface area contributed by atoms with Gasteiger partial charge in [0.05, 0.1) is 25.1 Å². The maximum Gasteiger partial charge on any atom is 0.247 e. The Morgan fingerprint density at radius 1 is 1.03 bits per heavy atom. The largest absolute Gasteiger partial charge is 0.438 e. The first-order valence-corrected chi connectivity index (χ1v) is 12.3. The van der Waals surface area contributed by atoms with Crippen LogP contribution < -0.4 is 4.74 Å². The van der Waals surface area contributed by atoms with Gasteiger partial charge in [0, 0.05) is 34.5 Å². The fourth-order valence-electron chi connectivity index (χ4n) is 3.75. The second-order valence-corrected chi connectivity index (χ2v) is 9.32. The smallest absolute Gasteiger partial charge is 0.247 e. The summed E-state index contributed by atoms with van der Waals surface area (Å²) in [5, 5.41) is 12.8. The number of rotatable bonds is 6. The first kappa shape index (κ1) is 20.4. The predicted octanol–water partition coefficient (Wildman–Crippen LogP) is 5.09. The third kappa shape index (κ3) is 4.25. The quantitative estimate of drug-likeness (QED) is 0.334. The number of hydrogen-bond acceptors (Lipinski definition) is 10. The molecule has 4 aromatic heterocycles. The number of benzene rings is 1. The molecule has 0 amide bonds. The van der Waals surface area contributed by atoms with Gasteiger partial charge in [0.1, 0.15) is 16.4 Å². The predicted molar refractivity (Wildman–Crippen MR) is 127 cm³/mol. The van der Waals surface area contributed by atoms with Crippen LogP contribution >= 0.6 is 22.7 Å². The standard InChI is InChI=1S/C23H19N5O3S2/c1-2-18(32-11-1)17-13-33-23-20(17)22(25-19(26-23)12-28-7-9-29-10-8-28)31-16-5-3-15(4-6-16)21-27-24-14-30-21/h1-6,11,13-14H,7-10,12H2. The van der Waals surface area contributed by atoms with Gasteiger partial charge in [0.2, 0.25) is 18.2 Å². The van der Waals surface area contributed by atoms with Crippen molar-refractivity contribution >= 4 is 32.9 Å². The molecule has 0 spiro atoms. The third-order valence-electron chi connectivity index (χ3n) is 5.38. The van der Waals surface area contributed by atoms with Crippen LogP contribution in [0.1, 0.15) is 5.82 Å². The van der Waals surface area contributed by atoms with Crippen LogP contribution in [0.2, 0.25) is 0 Å².